The minimum absolute atomic E-state index is 0.740. The fourth-order valence-corrected chi connectivity index (χ4v) is 3.79. The highest BCUT2D eigenvalue weighted by molar-refractivity contribution is 4.81. The van der Waals surface area contributed by atoms with Crippen LogP contribution in [0.25, 0.3) is 0 Å². The second-order valence-corrected chi connectivity index (χ2v) is 6.33. The summed E-state index contributed by atoms with van der Waals surface area (Å²) in [5.74, 6) is 0.990. The highest BCUT2D eigenvalue weighted by Gasteiger charge is 2.27. The number of rotatable bonds is 4. The maximum atomic E-state index is 5.50. The number of piperidine rings is 1. The minimum atomic E-state index is 0.740. The maximum absolute atomic E-state index is 5.50. The van der Waals surface area contributed by atoms with Gasteiger partial charge >= 0.3 is 0 Å². The van der Waals surface area contributed by atoms with Crippen LogP contribution >= 0.6 is 0 Å². The molecular weight excluding hydrogens is 224 g/mol. The molecule has 18 heavy (non-hydrogen) atoms. The molecule has 0 aromatic carbocycles. The summed E-state index contributed by atoms with van der Waals surface area (Å²) in [5.41, 5.74) is 0. The van der Waals surface area contributed by atoms with Crippen molar-refractivity contribution < 1.29 is 4.74 Å². The highest BCUT2D eigenvalue weighted by Crippen LogP contribution is 2.25. The van der Waals surface area contributed by atoms with E-state index in [1.54, 1.807) is 0 Å². The number of hydrogen-bond acceptors (Lipinski definition) is 3. The van der Waals surface area contributed by atoms with Crippen LogP contribution in [0.1, 0.15) is 38.5 Å². The van der Waals surface area contributed by atoms with Crippen LogP contribution in [0.3, 0.4) is 0 Å². The predicted molar refractivity (Wildman–Crippen MR) is 73.8 cm³/mol. The third-order valence-electron chi connectivity index (χ3n) is 5.12. The lowest BCUT2D eigenvalue weighted by molar-refractivity contribution is 0.105. The van der Waals surface area contributed by atoms with E-state index in [0.29, 0.717) is 0 Å². The molecule has 0 amide bonds. The molecule has 3 heteroatoms. The summed E-state index contributed by atoms with van der Waals surface area (Å²) < 4.78 is 5.50. The Hall–Kier alpha value is -0.120. The van der Waals surface area contributed by atoms with Gasteiger partial charge in [-0.1, -0.05) is 0 Å². The summed E-state index contributed by atoms with van der Waals surface area (Å²) in [6.07, 6.45) is 8.41. The Labute approximate surface area is 111 Å². The van der Waals surface area contributed by atoms with Gasteiger partial charge in [-0.25, -0.2) is 0 Å². The zero-order valence-corrected chi connectivity index (χ0v) is 11.6. The molecule has 3 nitrogen and oxygen atoms in total. The summed E-state index contributed by atoms with van der Waals surface area (Å²) in [4.78, 5) is 5.34. The lowest BCUT2D eigenvalue weighted by Crippen LogP contribution is -2.42. The van der Waals surface area contributed by atoms with E-state index in [4.69, 9.17) is 4.74 Å². The molecule has 0 N–H and O–H groups in total. The Kier molecular flexibility index (Phi) is 4.55. The van der Waals surface area contributed by atoms with Crippen molar-refractivity contribution in [3.8, 4) is 0 Å². The molecule has 0 aliphatic carbocycles. The fraction of sp³-hybridized carbons (Fsp3) is 1.00. The summed E-state index contributed by atoms with van der Waals surface area (Å²) in [7, 11) is 0. The quantitative estimate of drug-likeness (QED) is 0.761. The average Bonchev–Trinajstić information content (AvgIpc) is 3.10. The van der Waals surface area contributed by atoms with E-state index in [1.807, 2.05) is 0 Å². The zero-order valence-electron chi connectivity index (χ0n) is 11.6. The van der Waals surface area contributed by atoms with Crippen LogP contribution in [0.15, 0.2) is 0 Å². The minimum Gasteiger partial charge on any atom is -0.380 e. The van der Waals surface area contributed by atoms with Crippen LogP contribution < -0.4 is 0 Å². The van der Waals surface area contributed by atoms with Gasteiger partial charge in [0.25, 0.3) is 0 Å². The van der Waals surface area contributed by atoms with Gasteiger partial charge in [0.05, 0.1) is 6.61 Å². The first-order valence-electron chi connectivity index (χ1n) is 7.96. The molecule has 1 unspecified atom stereocenters. The fourth-order valence-electron chi connectivity index (χ4n) is 3.79. The van der Waals surface area contributed by atoms with Gasteiger partial charge in [0.2, 0.25) is 0 Å². The maximum Gasteiger partial charge on any atom is 0.0622 e. The van der Waals surface area contributed by atoms with E-state index >= 15 is 0 Å². The molecule has 0 bridgehead atoms. The largest absolute Gasteiger partial charge is 0.380 e. The molecule has 3 heterocycles. The molecule has 0 aromatic heterocycles. The monoisotopic (exact) mass is 252 g/mol. The molecule has 3 fully saturated rings. The first-order valence-corrected chi connectivity index (χ1v) is 7.96. The van der Waals surface area contributed by atoms with Crippen LogP contribution in [-0.4, -0.2) is 61.8 Å². The molecule has 3 aliphatic heterocycles. The van der Waals surface area contributed by atoms with E-state index in [-0.39, 0.29) is 0 Å². The second-order valence-electron chi connectivity index (χ2n) is 6.33. The van der Waals surface area contributed by atoms with Gasteiger partial charge in [0.1, 0.15) is 0 Å². The Morgan fingerprint density at radius 1 is 0.944 bits per heavy atom. The first kappa shape index (κ1) is 12.9. The Bertz CT molecular complexity index is 239. The second kappa shape index (κ2) is 6.36. The van der Waals surface area contributed by atoms with Crippen LogP contribution in [0.4, 0.5) is 0 Å². The average molecular weight is 252 g/mol. The summed E-state index contributed by atoms with van der Waals surface area (Å²) in [5, 5.41) is 0. The summed E-state index contributed by atoms with van der Waals surface area (Å²) in [6, 6.07) is 0.740. The smallest absolute Gasteiger partial charge is 0.0622 e. The molecule has 0 saturated carbocycles. The normalized spacial score (nSPS) is 32.3. The van der Waals surface area contributed by atoms with Gasteiger partial charge < -0.3 is 9.64 Å². The van der Waals surface area contributed by atoms with Gasteiger partial charge in [0.15, 0.2) is 0 Å². The van der Waals surface area contributed by atoms with E-state index in [0.717, 1.165) is 25.2 Å². The van der Waals surface area contributed by atoms with Crippen molar-refractivity contribution in [2.75, 3.05) is 45.9 Å². The zero-order chi connectivity index (χ0) is 12.2. The SMILES string of the molecule is C1CCN(CCC2CCN(C3CCOC3)CC2)C1. The molecular formula is C15H28N2O. The summed E-state index contributed by atoms with van der Waals surface area (Å²) >= 11 is 0. The van der Waals surface area contributed by atoms with E-state index in [1.165, 1.54) is 71.2 Å². The van der Waals surface area contributed by atoms with Crippen LogP contribution in [0.5, 0.6) is 0 Å². The first-order chi connectivity index (χ1) is 8.92. The molecule has 0 radical (unpaired) electrons. The highest BCUT2D eigenvalue weighted by atomic mass is 16.5. The third kappa shape index (κ3) is 3.25. The molecule has 3 aliphatic rings. The lowest BCUT2D eigenvalue weighted by atomic mass is 9.92. The van der Waals surface area contributed by atoms with E-state index in [9.17, 15) is 0 Å². The van der Waals surface area contributed by atoms with Gasteiger partial charge in [-0.05, 0) is 77.2 Å². The van der Waals surface area contributed by atoms with E-state index < -0.39 is 0 Å². The molecule has 3 saturated heterocycles. The number of ether oxygens (including phenoxy) is 1. The van der Waals surface area contributed by atoms with Crippen molar-refractivity contribution in [3.05, 3.63) is 0 Å². The Morgan fingerprint density at radius 3 is 2.39 bits per heavy atom. The number of likely N-dealkylation sites (tertiary alicyclic amines) is 2. The number of nitrogens with zero attached hydrogens (tertiary/aromatic N) is 2. The lowest BCUT2D eigenvalue weighted by Gasteiger charge is -2.35. The van der Waals surface area contributed by atoms with E-state index in [2.05, 4.69) is 9.80 Å². The van der Waals surface area contributed by atoms with Crippen molar-refractivity contribution in [2.45, 2.75) is 44.6 Å². The van der Waals surface area contributed by atoms with Gasteiger partial charge in [-0.3, -0.25) is 4.90 Å². The van der Waals surface area contributed by atoms with Gasteiger partial charge in [0, 0.05) is 12.6 Å². The molecule has 104 valence electrons. The Balaban J connectivity index is 1.34. The van der Waals surface area contributed by atoms with Crippen molar-refractivity contribution in [1.82, 2.24) is 9.80 Å². The molecule has 1 atom stereocenters. The number of hydrogen-bond donors (Lipinski definition) is 0. The molecule has 0 spiro atoms. The molecule has 0 aromatic rings. The van der Waals surface area contributed by atoms with Crippen molar-refractivity contribution >= 4 is 0 Å². The summed E-state index contributed by atoms with van der Waals surface area (Å²) in [6.45, 7) is 8.68. The van der Waals surface area contributed by atoms with Gasteiger partial charge in [-0.2, -0.15) is 0 Å². The van der Waals surface area contributed by atoms with Crippen molar-refractivity contribution in [2.24, 2.45) is 5.92 Å². The topological polar surface area (TPSA) is 15.7 Å². The Morgan fingerprint density at radius 2 is 1.72 bits per heavy atom. The van der Waals surface area contributed by atoms with Crippen LogP contribution in [-0.2, 0) is 4.74 Å². The van der Waals surface area contributed by atoms with Gasteiger partial charge in [-0.15, -0.1) is 0 Å². The van der Waals surface area contributed by atoms with Crippen molar-refractivity contribution in [1.29, 1.82) is 0 Å². The third-order valence-corrected chi connectivity index (χ3v) is 5.12. The van der Waals surface area contributed by atoms with Crippen LogP contribution in [0, 0.1) is 5.92 Å². The molecule has 3 rings (SSSR count). The standard InChI is InChI=1S/C15H28N2O/c1-2-8-16(7-1)9-3-14-4-10-17(11-5-14)15-6-12-18-13-15/h14-15H,1-13H2. The van der Waals surface area contributed by atoms with Crippen LogP contribution in [0.2, 0.25) is 0 Å². The van der Waals surface area contributed by atoms with Crippen molar-refractivity contribution in [3.63, 3.8) is 0 Å². The predicted octanol–water partition coefficient (Wildman–Crippen LogP) is 1.97.